The number of nitrogens with zero attached hydrogens (tertiary/aromatic N) is 5. The number of aromatic nitrogens is 5. The van der Waals surface area contributed by atoms with Crippen LogP contribution in [0.5, 0.6) is 0 Å². The highest BCUT2D eigenvalue weighted by molar-refractivity contribution is 7.98. The minimum absolute atomic E-state index is 0.701. The van der Waals surface area contributed by atoms with Crippen LogP contribution in [-0.2, 0) is 12.8 Å². The number of hydrogen-bond donors (Lipinski definition) is 0. The van der Waals surface area contributed by atoms with E-state index >= 15 is 0 Å². The Kier molecular flexibility index (Phi) is 5.01. The average molecular weight is 396 g/mol. The topological polar surface area (TPSA) is 48.5 Å². The highest BCUT2D eigenvalue weighted by Crippen LogP contribution is 2.30. The minimum Gasteiger partial charge on any atom is -0.276 e. The molecule has 0 saturated heterocycles. The summed E-state index contributed by atoms with van der Waals surface area (Å²) in [7, 11) is 1.92. The molecule has 2 aromatic carbocycles. The molecule has 4 aromatic rings. The molecule has 0 aliphatic heterocycles. The number of aryl methyl sites for hydroxylation is 2. The lowest BCUT2D eigenvalue weighted by Gasteiger charge is -2.11. The number of halogens is 1. The lowest BCUT2D eigenvalue weighted by molar-refractivity contribution is 0.767. The Bertz CT molecular complexity index is 1070. The van der Waals surface area contributed by atoms with Crippen molar-refractivity contribution >= 4 is 23.4 Å². The van der Waals surface area contributed by atoms with Gasteiger partial charge in [0, 0.05) is 40.8 Å². The molecule has 0 radical (unpaired) electrons. The minimum atomic E-state index is 0.701. The van der Waals surface area contributed by atoms with Gasteiger partial charge >= 0.3 is 0 Å². The van der Waals surface area contributed by atoms with Crippen molar-refractivity contribution in [1.82, 2.24) is 24.5 Å². The van der Waals surface area contributed by atoms with E-state index in [2.05, 4.69) is 45.0 Å². The van der Waals surface area contributed by atoms with Crippen LogP contribution in [0, 0.1) is 6.92 Å². The molecule has 0 fully saturated rings. The fourth-order valence-electron chi connectivity index (χ4n) is 2.84. The molecule has 0 unspecified atom stereocenters. The molecule has 0 bridgehead atoms. The highest BCUT2D eigenvalue weighted by Gasteiger charge is 2.16. The van der Waals surface area contributed by atoms with Gasteiger partial charge in [0.25, 0.3) is 0 Å². The first kappa shape index (κ1) is 17.8. The van der Waals surface area contributed by atoms with Gasteiger partial charge in [-0.25, -0.2) is 0 Å². The summed E-state index contributed by atoms with van der Waals surface area (Å²) in [6.07, 6.45) is 3.89. The molecule has 0 amide bonds. The van der Waals surface area contributed by atoms with Crippen molar-refractivity contribution < 1.29 is 0 Å². The van der Waals surface area contributed by atoms with Crippen molar-refractivity contribution in [2.24, 2.45) is 7.05 Å². The Morgan fingerprint density at radius 1 is 1.07 bits per heavy atom. The van der Waals surface area contributed by atoms with E-state index in [4.69, 9.17) is 11.6 Å². The van der Waals surface area contributed by atoms with Crippen molar-refractivity contribution in [3.63, 3.8) is 0 Å². The molecular weight excluding hydrogens is 378 g/mol. The Hall–Kier alpha value is -2.57. The van der Waals surface area contributed by atoms with E-state index in [1.165, 1.54) is 5.56 Å². The van der Waals surface area contributed by atoms with Crippen LogP contribution in [0.3, 0.4) is 0 Å². The van der Waals surface area contributed by atoms with Crippen molar-refractivity contribution in [2.45, 2.75) is 17.8 Å². The van der Waals surface area contributed by atoms with Gasteiger partial charge in [-0.05, 0) is 48.9 Å². The molecule has 0 spiro atoms. The van der Waals surface area contributed by atoms with Gasteiger partial charge in [-0.15, -0.1) is 10.2 Å². The van der Waals surface area contributed by atoms with Gasteiger partial charge in [-0.2, -0.15) is 5.10 Å². The van der Waals surface area contributed by atoms with E-state index in [9.17, 15) is 0 Å². The number of thioether (sulfide) groups is 1. The monoisotopic (exact) mass is 395 g/mol. The number of hydrogen-bond acceptors (Lipinski definition) is 4. The van der Waals surface area contributed by atoms with Crippen molar-refractivity contribution in [3.8, 4) is 17.1 Å². The predicted molar refractivity (Wildman–Crippen MR) is 109 cm³/mol. The molecule has 0 aliphatic rings. The molecule has 0 aliphatic carbocycles. The molecule has 136 valence electrons. The Labute approximate surface area is 167 Å². The van der Waals surface area contributed by atoms with Crippen LogP contribution < -0.4 is 0 Å². The molecule has 27 heavy (non-hydrogen) atoms. The van der Waals surface area contributed by atoms with Crippen LogP contribution in [0.15, 0.2) is 66.1 Å². The van der Waals surface area contributed by atoms with Crippen LogP contribution in [0.25, 0.3) is 17.1 Å². The third-order valence-corrected chi connectivity index (χ3v) is 5.37. The summed E-state index contributed by atoms with van der Waals surface area (Å²) in [5.74, 6) is 1.57. The molecule has 0 atom stereocenters. The normalized spacial score (nSPS) is 11.1. The lowest BCUT2D eigenvalue weighted by Crippen LogP contribution is -2.00. The molecule has 2 aromatic heterocycles. The summed E-state index contributed by atoms with van der Waals surface area (Å²) in [5, 5.41) is 14.7. The molecule has 4 rings (SSSR count). The Balaban J connectivity index is 1.75. The summed E-state index contributed by atoms with van der Waals surface area (Å²) in [6, 6.07) is 16.0. The van der Waals surface area contributed by atoms with E-state index in [0.29, 0.717) is 5.02 Å². The van der Waals surface area contributed by atoms with Gasteiger partial charge < -0.3 is 0 Å². The van der Waals surface area contributed by atoms with Gasteiger partial charge in [0.2, 0.25) is 0 Å². The summed E-state index contributed by atoms with van der Waals surface area (Å²) in [6.45, 7) is 2.08. The summed E-state index contributed by atoms with van der Waals surface area (Å²) < 4.78 is 3.90. The van der Waals surface area contributed by atoms with Crippen LogP contribution in [0.2, 0.25) is 5.02 Å². The van der Waals surface area contributed by atoms with Crippen LogP contribution >= 0.6 is 23.4 Å². The van der Waals surface area contributed by atoms with Crippen LogP contribution in [0.4, 0.5) is 0 Å². The van der Waals surface area contributed by atoms with Crippen molar-refractivity contribution in [1.29, 1.82) is 0 Å². The Morgan fingerprint density at radius 3 is 2.59 bits per heavy atom. The first-order valence-electron chi connectivity index (χ1n) is 8.49. The molecule has 0 saturated carbocycles. The second kappa shape index (κ2) is 7.58. The first-order valence-corrected chi connectivity index (χ1v) is 9.85. The van der Waals surface area contributed by atoms with E-state index in [1.807, 2.05) is 49.8 Å². The maximum Gasteiger partial charge on any atom is 0.196 e. The van der Waals surface area contributed by atoms with Gasteiger partial charge in [0.05, 0.1) is 6.20 Å². The van der Waals surface area contributed by atoms with Gasteiger partial charge in [-0.3, -0.25) is 9.25 Å². The van der Waals surface area contributed by atoms with E-state index < -0.39 is 0 Å². The van der Waals surface area contributed by atoms with E-state index in [-0.39, 0.29) is 0 Å². The smallest absolute Gasteiger partial charge is 0.196 e. The zero-order valence-corrected chi connectivity index (χ0v) is 16.6. The molecule has 0 N–H and O–H groups in total. The van der Waals surface area contributed by atoms with Gasteiger partial charge in [0.15, 0.2) is 11.0 Å². The standard InChI is InChI=1S/C20H18ClN5S/c1-14-4-3-5-18(10-14)26-19(16-6-8-17(21)9-7-16)23-24-20(26)27-13-15-11-22-25(2)12-15/h3-12H,13H2,1-2H3. The highest BCUT2D eigenvalue weighted by atomic mass is 35.5. The summed E-state index contributed by atoms with van der Waals surface area (Å²) >= 11 is 7.69. The zero-order chi connectivity index (χ0) is 18.8. The van der Waals surface area contributed by atoms with Crippen molar-refractivity contribution in [2.75, 3.05) is 0 Å². The lowest BCUT2D eigenvalue weighted by atomic mass is 10.2. The largest absolute Gasteiger partial charge is 0.276 e. The fourth-order valence-corrected chi connectivity index (χ4v) is 3.83. The van der Waals surface area contributed by atoms with Gasteiger partial charge in [0.1, 0.15) is 0 Å². The SMILES string of the molecule is Cc1cccc(-n2c(SCc3cnn(C)c3)nnc2-c2ccc(Cl)cc2)c1. The quantitative estimate of drug-likeness (QED) is 0.450. The molecule has 5 nitrogen and oxygen atoms in total. The summed E-state index contributed by atoms with van der Waals surface area (Å²) in [4.78, 5) is 0. The maximum absolute atomic E-state index is 6.05. The second-order valence-corrected chi connectivity index (χ2v) is 7.68. The number of rotatable bonds is 5. The van der Waals surface area contributed by atoms with E-state index in [1.54, 1.807) is 16.4 Å². The van der Waals surface area contributed by atoms with Crippen LogP contribution in [-0.4, -0.2) is 24.5 Å². The summed E-state index contributed by atoms with van der Waals surface area (Å²) in [5.41, 5.74) is 4.35. The zero-order valence-electron chi connectivity index (χ0n) is 15.0. The molecular formula is C20H18ClN5S. The fraction of sp³-hybridized carbons (Fsp3) is 0.150. The van der Waals surface area contributed by atoms with E-state index in [0.717, 1.165) is 33.5 Å². The Morgan fingerprint density at radius 2 is 1.89 bits per heavy atom. The third kappa shape index (κ3) is 3.91. The average Bonchev–Trinajstić information content (AvgIpc) is 3.26. The number of benzene rings is 2. The molecule has 2 heterocycles. The first-order chi connectivity index (χ1) is 13.1. The molecule has 7 heteroatoms. The van der Waals surface area contributed by atoms with Crippen LogP contribution in [0.1, 0.15) is 11.1 Å². The van der Waals surface area contributed by atoms with Crippen molar-refractivity contribution in [3.05, 3.63) is 77.1 Å². The second-order valence-electron chi connectivity index (χ2n) is 6.30. The predicted octanol–water partition coefficient (Wildman–Crippen LogP) is 4.92. The maximum atomic E-state index is 6.05. The third-order valence-electron chi connectivity index (χ3n) is 4.12. The van der Waals surface area contributed by atoms with Gasteiger partial charge in [-0.1, -0.05) is 35.5 Å².